The zero-order valence-corrected chi connectivity index (χ0v) is 18.8. The number of hydrogen-bond acceptors (Lipinski definition) is 4. The summed E-state index contributed by atoms with van der Waals surface area (Å²) in [5, 5.41) is 3.12. The van der Waals surface area contributed by atoms with E-state index < -0.39 is 0 Å². The van der Waals surface area contributed by atoms with Crippen LogP contribution in [-0.4, -0.2) is 28.9 Å². The third-order valence-corrected chi connectivity index (χ3v) is 7.82. The number of hydrogen-bond donors (Lipinski definition) is 1. The van der Waals surface area contributed by atoms with Gasteiger partial charge in [-0.05, 0) is 68.1 Å². The van der Waals surface area contributed by atoms with Gasteiger partial charge >= 0.3 is 0 Å². The number of anilines is 1. The fourth-order valence-corrected chi connectivity index (χ4v) is 5.98. The van der Waals surface area contributed by atoms with E-state index in [-0.39, 0.29) is 17.9 Å². The fraction of sp³-hybridized carbons (Fsp3) is 0.400. The van der Waals surface area contributed by atoms with Gasteiger partial charge in [0.2, 0.25) is 5.91 Å². The minimum absolute atomic E-state index is 0.0778. The molecule has 1 saturated carbocycles. The molecule has 1 aromatic heterocycles. The summed E-state index contributed by atoms with van der Waals surface area (Å²) in [6.07, 6.45) is 5.13. The maximum Gasteiger partial charge on any atom is 0.292 e. The number of aryl methyl sites for hydroxylation is 1. The number of nitrogens with zero attached hydrogens (tertiary/aromatic N) is 2. The Morgan fingerprint density at radius 3 is 2.61 bits per heavy atom. The van der Waals surface area contributed by atoms with Crippen molar-refractivity contribution in [1.29, 1.82) is 0 Å². The van der Waals surface area contributed by atoms with Gasteiger partial charge in [0.05, 0.1) is 28.4 Å². The molecular formula is C25H28N3O2S+. The molecule has 0 unspecified atom stereocenters. The second-order valence-corrected chi connectivity index (χ2v) is 10.1. The molecule has 1 saturated heterocycles. The number of quaternary nitrogens is 1. The summed E-state index contributed by atoms with van der Waals surface area (Å²) in [4.78, 5) is 31.9. The monoisotopic (exact) mass is 434 g/mol. The third-order valence-electron chi connectivity index (χ3n) is 6.76. The Kier molecular flexibility index (Phi) is 5.36. The Labute approximate surface area is 186 Å². The number of amides is 2. The normalized spacial score (nSPS) is 24.3. The molecule has 1 aliphatic heterocycles. The summed E-state index contributed by atoms with van der Waals surface area (Å²) in [6, 6.07) is 14.1. The first-order valence-corrected chi connectivity index (χ1v) is 12.0. The first-order chi connectivity index (χ1) is 15.0. The van der Waals surface area contributed by atoms with Gasteiger partial charge in [0.25, 0.3) is 5.91 Å². The van der Waals surface area contributed by atoms with Crippen molar-refractivity contribution in [1.82, 2.24) is 4.98 Å². The van der Waals surface area contributed by atoms with Crippen LogP contribution in [0.1, 0.15) is 44.6 Å². The van der Waals surface area contributed by atoms with Crippen LogP contribution in [0.3, 0.4) is 0 Å². The number of thiazole rings is 1. The highest BCUT2D eigenvalue weighted by molar-refractivity contribution is 7.21. The number of fused-ring (bicyclic) bond motifs is 1. The first-order valence-electron chi connectivity index (χ1n) is 11.2. The van der Waals surface area contributed by atoms with Gasteiger partial charge in [-0.3, -0.25) is 9.59 Å². The van der Waals surface area contributed by atoms with E-state index in [1.165, 1.54) is 34.4 Å². The number of imide groups is 1. The molecule has 2 heterocycles. The molecule has 2 amide bonds. The van der Waals surface area contributed by atoms with Crippen molar-refractivity contribution in [2.75, 3.05) is 4.90 Å². The van der Waals surface area contributed by atoms with E-state index in [4.69, 9.17) is 4.98 Å². The van der Waals surface area contributed by atoms with E-state index in [9.17, 15) is 9.59 Å². The summed E-state index contributed by atoms with van der Waals surface area (Å²) >= 11 is 1.66. The molecule has 160 valence electrons. The Bertz CT molecular complexity index is 1140. The molecule has 2 N–H and O–H groups in total. The zero-order valence-electron chi connectivity index (χ0n) is 18.0. The highest BCUT2D eigenvalue weighted by Gasteiger charge is 2.44. The molecular weight excluding hydrogens is 406 g/mol. The number of nitrogens with two attached hydrogens (primary N) is 1. The summed E-state index contributed by atoms with van der Waals surface area (Å²) in [7, 11) is 0. The summed E-state index contributed by atoms with van der Waals surface area (Å²) in [5.74, 6) is 0.423. The molecule has 5 rings (SSSR count). The average molecular weight is 435 g/mol. The maximum atomic E-state index is 13.1. The van der Waals surface area contributed by atoms with Gasteiger partial charge in [-0.25, -0.2) is 9.88 Å². The third kappa shape index (κ3) is 3.90. The quantitative estimate of drug-likeness (QED) is 0.630. The number of rotatable bonds is 4. The van der Waals surface area contributed by atoms with Gasteiger partial charge < -0.3 is 5.32 Å². The molecule has 31 heavy (non-hydrogen) atoms. The zero-order chi connectivity index (χ0) is 21.5. The Morgan fingerprint density at radius 2 is 1.84 bits per heavy atom. The molecule has 0 bridgehead atoms. The van der Waals surface area contributed by atoms with Gasteiger partial charge in [-0.15, -0.1) is 11.3 Å². The summed E-state index contributed by atoms with van der Waals surface area (Å²) in [5.41, 5.74) is 3.87. The van der Waals surface area contributed by atoms with Crippen molar-refractivity contribution >= 4 is 39.1 Å². The van der Waals surface area contributed by atoms with Crippen molar-refractivity contribution in [2.45, 2.75) is 58.0 Å². The van der Waals surface area contributed by atoms with Crippen LogP contribution < -0.4 is 10.2 Å². The van der Waals surface area contributed by atoms with Crippen molar-refractivity contribution < 1.29 is 14.9 Å². The molecule has 6 heteroatoms. The molecule has 2 aromatic carbocycles. The van der Waals surface area contributed by atoms with Gasteiger partial charge in [0.1, 0.15) is 5.01 Å². The van der Waals surface area contributed by atoms with Crippen LogP contribution in [0.15, 0.2) is 42.5 Å². The Hall–Kier alpha value is -2.57. The number of benzene rings is 2. The Balaban J connectivity index is 1.33. The van der Waals surface area contributed by atoms with E-state index in [0.717, 1.165) is 22.5 Å². The number of carbonyl (C=O) groups excluding carboxylic acids is 2. The van der Waals surface area contributed by atoms with E-state index >= 15 is 0 Å². The Morgan fingerprint density at radius 1 is 1.06 bits per heavy atom. The predicted octanol–water partition coefficient (Wildman–Crippen LogP) is 4.05. The fourth-order valence-electron chi connectivity index (χ4n) is 4.91. The lowest BCUT2D eigenvalue weighted by Gasteiger charge is -2.28. The first kappa shape index (κ1) is 20.3. The van der Waals surface area contributed by atoms with Crippen LogP contribution in [0.25, 0.3) is 20.8 Å². The average Bonchev–Trinajstić information content (AvgIpc) is 3.30. The van der Waals surface area contributed by atoms with Crippen LogP contribution in [-0.2, 0) is 9.59 Å². The van der Waals surface area contributed by atoms with Crippen LogP contribution >= 0.6 is 11.3 Å². The second kappa shape index (κ2) is 8.17. The molecule has 2 aliphatic rings. The van der Waals surface area contributed by atoms with Crippen LogP contribution in [0.5, 0.6) is 0 Å². The predicted molar refractivity (Wildman–Crippen MR) is 124 cm³/mol. The van der Waals surface area contributed by atoms with Crippen LogP contribution in [0.4, 0.5) is 5.69 Å². The van der Waals surface area contributed by atoms with E-state index in [1.807, 2.05) is 30.3 Å². The summed E-state index contributed by atoms with van der Waals surface area (Å²) < 4.78 is 1.17. The van der Waals surface area contributed by atoms with Gasteiger partial charge in [0.15, 0.2) is 6.04 Å². The largest absolute Gasteiger partial charge is 0.333 e. The number of carbonyl (C=O) groups is 2. The van der Waals surface area contributed by atoms with E-state index in [1.54, 1.807) is 11.3 Å². The molecule has 0 spiro atoms. The molecule has 3 aromatic rings. The maximum absolute atomic E-state index is 13.1. The van der Waals surface area contributed by atoms with Gasteiger partial charge in [0, 0.05) is 11.5 Å². The molecule has 3 atom stereocenters. The summed E-state index contributed by atoms with van der Waals surface area (Å²) in [6.45, 7) is 4.35. The lowest BCUT2D eigenvalue weighted by molar-refractivity contribution is -0.715. The molecule has 2 fully saturated rings. The standard InChI is InChI=1S/C25H27N3O2S/c1-15-7-12-20-22(13-15)31-24(27-20)17-8-10-18(11-9-17)28-23(29)14-21(25(28)30)26-19-6-4-3-5-16(19)2/h7-13,16,19,21,26H,3-6,14H2,1-2H3/p+1/t16-,19-,21-/m0/s1. The topological polar surface area (TPSA) is 66.9 Å². The second-order valence-electron chi connectivity index (χ2n) is 9.03. The molecule has 0 radical (unpaired) electrons. The van der Waals surface area contributed by atoms with Gasteiger partial charge in [-0.2, -0.15) is 0 Å². The van der Waals surface area contributed by atoms with E-state index in [2.05, 4.69) is 31.3 Å². The highest BCUT2D eigenvalue weighted by Crippen LogP contribution is 2.32. The molecule has 1 aliphatic carbocycles. The SMILES string of the molecule is Cc1ccc2nc(-c3ccc(N4C(=O)C[C@H]([NH2+][C@H]5CCCC[C@@H]5C)C4=O)cc3)sc2c1. The van der Waals surface area contributed by atoms with Crippen molar-refractivity contribution in [3.05, 3.63) is 48.0 Å². The lowest BCUT2D eigenvalue weighted by atomic mass is 9.85. The van der Waals surface area contributed by atoms with Crippen molar-refractivity contribution in [3.63, 3.8) is 0 Å². The van der Waals surface area contributed by atoms with Crippen molar-refractivity contribution in [3.8, 4) is 10.6 Å². The number of aromatic nitrogens is 1. The highest BCUT2D eigenvalue weighted by atomic mass is 32.1. The minimum Gasteiger partial charge on any atom is -0.333 e. The van der Waals surface area contributed by atoms with Crippen molar-refractivity contribution in [2.24, 2.45) is 5.92 Å². The molecule has 5 nitrogen and oxygen atoms in total. The van der Waals surface area contributed by atoms with Gasteiger partial charge in [-0.1, -0.05) is 19.4 Å². The lowest BCUT2D eigenvalue weighted by Crippen LogP contribution is -2.97. The van der Waals surface area contributed by atoms with Crippen LogP contribution in [0.2, 0.25) is 0 Å². The van der Waals surface area contributed by atoms with E-state index in [0.29, 0.717) is 24.1 Å². The smallest absolute Gasteiger partial charge is 0.292 e. The minimum atomic E-state index is -0.287. The van der Waals surface area contributed by atoms with Crippen LogP contribution in [0, 0.1) is 12.8 Å².